The topological polar surface area (TPSA) is 17.1 Å². The van der Waals surface area contributed by atoms with Crippen LogP contribution in [0.3, 0.4) is 0 Å². The molecular weight excluding hydrogens is 280 g/mol. The van der Waals surface area contributed by atoms with Gasteiger partial charge in [0.25, 0.3) is 0 Å². The summed E-state index contributed by atoms with van der Waals surface area (Å²) < 4.78 is 0. The molecule has 1 aromatic carbocycles. The van der Waals surface area contributed by atoms with Crippen molar-refractivity contribution in [3.63, 3.8) is 0 Å². The lowest BCUT2D eigenvalue weighted by molar-refractivity contribution is 0.367. The van der Waals surface area contributed by atoms with Gasteiger partial charge in [-0.05, 0) is 32.8 Å². The van der Waals surface area contributed by atoms with Gasteiger partial charge >= 0.3 is 0 Å². The van der Waals surface area contributed by atoms with E-state index in [1.165, 1.54) is 11.1 Å². The number of hydrogen-bond donors (Lipinski definition) is 0. The first kappa shape index (κ1) is 20.0. The van der Waals surface area contributed by atoms with Crippen LogP contribution in [-0.2, 0) is 0 Å². The number of hydrogen-bond acceptors (Lipinski definition) is 1. The minimum absolute atomic E-state index is 0.00284. The maximum Gasteiger partial charge on any atom is 0.202 e. The molecule has 1 nitrogen and oxygen atoms in total. The summed E-state index contributed by atoms with van der Waals surface area (Å²) in [5, 5.41) is 1.74. The summed E-state index contributed by atoms with van der Waals surface area (Å²) in [5.74, 6) is 0. The van der Waals surface area contributed by atoms with E-state index in [2.05, 4.69) is 88.8 Å². The van der Waals surface area contributed by atoms with E-state index in [9.17, 15) is 4.79 Å². The average molecular weight is 317 g/mol. The quantitative estimate of drug-likeness (QED) is 0.685. The van der Waals surface area contributed by atoms with Crippen molar-refractivity contribution in [2.75, 3.05) is 0 Å². The van der Waals surface area contributed by atoms with Gasteiger partial charge in [0.2, 0.25) is 5.43 Å². The highest BCUT2D eigenvalue weighted by Gasteiger charge is 2.33. The van der Waals surface area contributed by atoms with Gasteiger partial charge in [-0.15, -0.1) is 5.73 Å². The van der Waals surface area contributed by atoms with Crippen LogP contribution in [0.2, 0.25) is 0 Å². The van der Waals surface area contributed by atoms with Gasteiger partial charge in [0.05, 0.1) is 5.22 Å². The van der Waals surface area contributed by atoms with Gasteiger partial charge in [-0.3, -0.25) is 4.79 Å². The van der Waals surface area contributed by atoms with Gasteiger partial charge in [-0.2, -0.15) is 0 Å². The van der Waals surface area contributed by atoms with E-state index in [0.717, 1.165) is 10.4 Å². The molecular formula is C22H36O. The van der Waals surface area contributed by atoms with Crippen LogP contribution in [0.25, 0.3) is 11.3 Å². The van der Waals surface area contributed by atoms with Crippen LogP contribution in [0.15, 0.2) is 10.4 Å². The smallest absolute Gasteiger partial charge is 0.202 e. The van der Waals surface area contributed by atoms with Crippen molar-refractivity contribution in [1.82, 2.24) is 0 Å². The molecule has 0 aliphatic rings. The maximum absolute atomic E-state index is 12.6. The highest BCUT2D eigenvalue weighted by molar-refractivity contribution is 5.60. The standard InChI is InChI=1S/C22H36O/c1-19(2,3)15(20(4,5)6)13-14-16(17(14)23)18(21(7,8)9)22(10,11)12/h1-12H3. The fourth-order valence-corrected chi connectivity index (χ4v) is 4.03. The van der Waals surface area contributed by atoms with Gasteiger partial charge in [0, 0.05) is 5.22 Å². The summed E-state index contributed by atoms with van der Waals surface area (Å²) in [6, 6.07) is 0. The molecule has 1 heteroatoms. The zero-order chi connectivity index (χ0) is 18.6. The Labute approximate surface area is 142 Å². The summed E-state index contributed by atoms with van der Waals surface area (Å²) in [6.45, 7) is 26.4. The zero-order valence-corrected chi connectivity index (χ0v) is 17.4. The molecule has 0 heterocycles. The zero-order valence-electron chi connectivity index (χ0n) is 17.4. The summed E-state index contributed by atoms with van der Waals surface area (Å²) in [6.07, 6.45) is 0. The van der Waals surface area contributed by atoms with Crippen LogP contribution in [0.4, 0.5) is 0 Å². The Morgan fingerprint density at radius 1 is 0.652 bits per heavy atom. The molecule has 0 saturated heterocycles. The van der Waals surface area contributed by atoms with Crippen LogP contribution in [0, 0.1) is 21.7 Å². The average Bonchev–Trinajstić information content (AvgIpc) is 2.77. The van der Waals surface area contributed by atoms with E-state index in [1.807, 2.05) is 0 Å². The monoisotopic (exact) mass is 316 g/mol. The molecule has 0 radical (unpaired) electrons. The lowest BCUT2D eigenvalue weighted by Crippen LogP contribution is -2.28. The largest absolute Gasteiger partial charge is 0.288 e. The Morgan fingerprint density at radius 2 is 1.00 bits per heavy atom. The van der Waals surface area contributed by atoms with Crippen molar-refractivity contribution < 1.29 is 0 Å². The van der Waals surface area contributed by atoms with Gasteiger partial charge in [0.15, 0.2) is 0 Å². The molecule has 0 atom stereocenters. The second-order valence-corrected chi connectivity index (χ2v) is 11.0. The van der Waals surface area contributed by atoms with Crippen LogP contribution in [0.5, 0.6) is 0 Å². The Balaban J connectivity index is 4.00. The van der Waals surface area contributed by atoms with E-state index in [4.69, 9.17) is 0 Å². The van der Waals surface area contributed by atoms with Gasteiger partial charge < -0.3 is 0 Å². The molecule has 0 aromatic heterocycles. The third-order valence-corrected chi connectivity index (χ3v) is 4.14. The number of allylic oxidation sites excluding steroid dienone is 1. The predicted octanol–water partition coefficient (Wildman–Crippen LogP) is 4.56. The molecule has 0 aliphatic heterocycles. The van der Waals surface area contributed by atoms with Crippen molar-refractivity contribution in [1.29, 1.82) is 0 Å². The van der Waals surface area contributed by atoms with Crippen LogP contribution < -0.4 is 15.9 Å². The Bertz CT molecular complexity index is 711. The molecule has 23 heavy (non-hydrogen) atoms. The van der Waals surface area contributed by atoms with E-state index < -0.39 is 0 Å². The minimum atomic E-state index is -0.0176. The second kappa shape index (κ2) is 5.49. The first-order chi connectivity index (χ1) is 9.88. The third kappa shape index (κ3) is 4.48. The Hall–Kier alpha value is -1.07. The molecule has 0 fully saturated rings. The van der Waals surface area contributed by atoms with Crippen molar-refractivity contribution in [2.24, 2.45) is 21.7 Å². The van der Waals surface area contributed by atoms with Crippen molar-refractivity contribution in [3.05, 3.63) is 26.2 Å². The van der Waals surface area contributed by atoms with Gasteiger partial charge in [0.1, 0.15) is 0 Å². The van der Waals surface area contributed by atoms with Crippen LogP contribution in [0.1, 0.15) is 83.1 Å². The maximum atomic E-state index is 12.6. The highest BCUT2D eigenvalue weighted by Crippen LogP contribution is 2.40. The highest BCUT2D eigenvalue weighted by atomic mass is 16.1. The van der Waals surface area contributed by atoms with E-state index in [1.54, 1.807) is 0 Å². The molecule has 0 N–H and O–H groups in total. The molecule has 130 valence electrons. The Morgan fingerprint density at radius 3 is 1.26 bits per heavy atom. The van der Waals surface area contributed by atoms with E-state index in [0.29, 0.717) is 0 Å². The normalized spacial score (nSPS) is 14.1. The van der Waals surface area contributed by atoms with Crippen LogP contribution >= 0.6 is 0 Å². The fourth-order valence-electron chi connectivity index (χ4n) is 4.03. The number of rotatable bonds is 0. The molecule has 1 rings (SSSR count). The minimum Gasteiger partial charge on any atom is -0.288 e. The molecule has 1 aromatic rings. The molecule has 0 spiro atoms. The van der Waals surface area contributed by atoms with Gasteiger partial charge in [-0.25, -0.2) is 0 Å². The van der Waals surface area contributed by atoms with Gasteiger partial charge in [-0.1, -0.05) is 83.1 Å². The predicted molar refractivity (Wildman–Crippen MR) is 102 cm³/mol. The summed E-state index contributed by atoms with van der Waals surface area (Å²) in [4.78, 5) is 12.6. The SMILES string of the molecule is CC(C)(C)C(=C=c1c(=O)c1=C(C(C)(C)C)C(C)(C)C)C(C)(C)C. The molecule has 0 amide bonds. The van der Waals surface area contributed by atoms with Crippen molar-refractivity contribution >= 4 is 11.3 Å². The Kier molecular flexibility index (Phi) is 4.76. The molecule has 0 unspecified atom stereocenters. The third-order valence-electron chi connectivity index (χ3n) is 4.14. The summed E-state index contributed by atoms with van der Waals surface area (Å²) >= 11 is 0. The second-order valence-electron chi connectivity index (χ2n) is 11.0. The first-order valence-corrected chi connectivity index (χ1v) is 8.70. The van der Waals surface area contributed by atoms with Crippen molar-refractivity contribution in [2.45, 2.75) is 83.1 Å². The first-order valence-electron chi connectivity index (χ1n) is 8.70. The molecule has 0 aliphatic carbocycles. The van der Waals surface area contributed by atoms with Crippen LogP contribution in [-0.4, -0.2) is 0 Å². The van der Waals surface area contributed by atoms with E-state index in [-0.39, 0.29) is 27.1 Å². The molecule has 0 bridgehead atoms. The summed E-state index contributed by atoms with van der Waals surface area (Å²) in [7, 11) is 0. The lowest BCUT2D eigenvalue weighted by Gasteiger charge is -2.33. The molecule has 0 saturated carbocycles. The summed E-state index contributed by atoms with van der Waals surface area (Å²) in [5.41, 5.74) is 6.15. The van der Waals surface area contributed by atoms with Crippen molar-refractivity contribution in [3.8, 4) is 0 Å². The lowest BCUT2D eigenvalue weighted by atomic mass is 9.71. The fraction of sp³-hybridized carbons (Fsp3) is 0.727. The van der Waals surface area contributed by atoms with E-state index >= 15 is 0 Å².